The van der Waals surface area contributed by atoms with Crippen LogP contribution in [0.5, 0.6) is 0 Å². The van der Waals surface area contributed by atoms with E-state index in [9.17, 15) is 56.2 Å². The molecule has 0 radical (unpaired) electrons. The quantitative estimate of drug-likeness (QED) is 0.0892. The van der Waals surface area contributed by atoms with E-state index in [1.165, 1.54) is 12.8 Å². The van der Waals surface area contributed by atoms with Gasteiger partial charge in [-0.1, -0.05) is 46.3 Å². The molecule has 25 atom stereocenters. The predicted molar refractivity (Wildman–Crippen MR) is 230 cm³/mol. The molecule has 8 aliphatic rings. The van der Waals surface area contributed by atoms with E-state index >= 15 is 0 Å². The molecule has 11 N–H and O–H groups in total. The van der Waals surface area contributed by atoms with Crippen LogP contribution in [0.15, 0.2) is 11.6 Å². The molecule has 374 valence electrons. The molecule has 3 heterocycles. The van der Waals surface area contributed by atoms with Gasteiger partial charge in [0.25, 0.3) is 0 Å². The van der Waals surface area contributed by atoms with E-state index < -0.39 is 111 Å². The highest BCUT2D eigenvalue weighted by molar-refractivity contribution is 5.31. The minimum atomic E-state index is -1.67. The van der Waals surface area contributed by atoms with Crippen LogP contribution in [-0.4, -0.2) is 180 Å². The third-order valence-electron chi connectivity index (χ3n) is 19.6. The van der Waals surface area contributed by atoms with Crippen LogP contribution in [0.25, 0.3) is 0 Å². The van der Waals surface area contributed by atoms with Crippen molar-refractivity contribution in [3.05, 3.63) is 11.6 Å². The van der Waals surface area contributed by atoms with Crippen LogP contribution in [0.1, 0.15) is 113 Å². The van der Waals surface area contributed by atoms with Crippen molar-refractivity contribution in [2.24, 2.45) is 50.7 Å². The fourth-order valence-electron chi connectivity index (χ4n) is 15.5. The van der Waals surface area contributed by atoms with Crippen molar-refractivity contribution < 1.29 is 84.6 Å². The summed E-state index contributed by atoms with van der Waals surface area (Å²) in [5.74, 6) is 1.40. The van der Waals surface area contributed by atoms with Gasteiger partial charge in [-0.05, 0) is 129 Å². The lowest BCUT2D eigenvalue weighted by Crippen LogP contribution is -2.64. The number of ether oxygens (including phenoxy) is 6. The van der Waals surface area contributed by atoms with E-state index in [0.717, 1.165) is 50.5 Å². The Morgan fingerprint density at radius 3 is 1.86 bits per heavy atom. The molecule has 0 aromatic heterocycles. The molecule has 3 aliphatic heterocycles. The van der Waals surface area contributed by atoms with Crippen molar-refractivity contribution in [1.82, 2.24) is 0 Å². The van der Waals surface area contributed by atoms with Crippen LogP contribution < -0.4 is 0 Å². The van der Waals surface area contributed by atoms with Gasteiger partial charge >= 0.3 is 0 Å². The Kier molecular flexibility index (Phi) is 14.2. The maximum atomic E-state index is 11.7. The molecule has 17 nitrogen and oxygen atoms in total. The third-order valence-corrected chi connectivity index (χ3v) is 19.6. The second kappa shape index (κ2) is 18.3. The van der Waals surface area contributed by atoms with Gasteiger partial charge in [0.2, 0.25) is 0 Å². The second-order valence-electron chi connectivity index (χ2n) is 22.8. The molecular weight excluding hydrogens is 849 g/mol. The smallest absolute Gasteiger partial charge is 0.187 e. The number of hydrogen-bond acceptors (Lipinski definition) is 17. The largest absolute Gasteiger partial charge is 0.394 e. The molecule has 2 spiro atoms. The van der Waals surface area contributed by atoms with Crippen molar-refractivity contribution >= 4 is 0 Å². The summed E-state index contributed by atoms with van der Waals surface area (Å²) in [4.78, 5) is 0. The van der Waals surface area contributed by atoms with Gasteiger partial charge in [0.1, 0.15) is 67.1 Å². The predicted octanol–water partition coefficient (Wildman–Crippen LogP) is 0.612. The molecule has 65 heavy (non-hydrogen) atoms. The number of fused-ring (bicyclic) bond motifs is 2. The molecular formula is C48H80O17. The van der Waals surface area contributed by atoms with Gasteiger partial charge in [-0.25, -0.2) is 0 Å². The zero-order valence-corrected chi connectivity index (χ0v) is 39.3. The lowest BCUT2D eigenvalue weighted by Gasteiger charge is -2.63. The molecule has 0 amide bonds. The third kappa shape index (κ3) is 8.03. The van der Waals surface area contributed by atoms with E-state index in [-0.39, 0.29) is 45.7 Å². The summed E-state index contributed by atoms with van der Waals surface area (Å²) < 4.78 is 35.4. The average molecular weight is 929 g/mol. The van der Waals surface area contributed by atoms with Crippen LogP contribution in [-0.2, 0) is 28.4 Å². The average Bonchev–Trinajstić information content (AvgIpc) is 3.86. The van der Waals surface area contributed by atoms with Crippen LogP contribution in [0, 0.1) is 50.7 Å². The summed E-state index contributed by atoms with van der Waals surface area (Å²) in [6.45, 7) is 14.3. The number of hydrogen-bond donors (Lipinski definition) is 11. The summed E-state index contributed by atoms with van der Waals surface area (Å²) in [5, 5.41) is 115. The van der Waals surface area contributed by atoms with E-state index in [2.05, 4.69) is 34.6 Å². The van der Waals surface area contributed by atoms with E-state index in [0.29, 0.717) is 24.2 Å². The molecule has 0 aromatic rings. The van der Waals surface area contributed by atoms with E-state index in [4.69, 9.17) is 28.4 Å². The highest BCUT2D eigenvalue weighted by Gasteiger charge is 2.82. The summed E-state index contributed by atoms with van der Waals surface area (Å²) in [5.41, 5.74) is 1.23. The maximum Gasteiger partial charge on any atom is 0.187 e. The SMILES string of the molecule is C/C(=C/C[C@H](O)[C@@H](C)[C@H]1CC[C@@]2(C)[C@@H]3CC[C@H]4C(C)(C)[C@@H](O[C@@H]5O[C@@H](C)[C@H](O[C@@H]6O[C@H](CO)[C@@H](O)[C@H](O)[C@H]6O)[C@H](O)[C@H]5O)CC[C@@]45C[C@@]35CC[C@]12C)CO[C@@H]1O[C@H](CO)[C@@H](O)[C@H](O)[C@H]1O. The Morgan fingerprint density at radius 2 is 1.22 bits per heavy atom. The normalized spacial score (nSPS) is 53.9. The topological polar surface area (TPSA) is 278 Å². The fraction of sp³-hybridized carbons (Fsp3) is 0.958. The lowest BCUT2D eigenvalue weighted by molar-refractivity contribution is -0.363. The summed E-state index contributed by atoms with van der Waals surface area (Å²) in [6, 6.07) is 0. The van der Waals surface area contributed by atoms with Crippen molar-refractivity contribution in [3.63, 3.8) is 0 Å². The van der Waals surface area contributed by atoms with Crippen LogP contribution in [0.3, 0.4) is 0 Å². The zero-order chi connectivity index (χ0) is 47.3. The minimum absolute atomic E-state index is 0.0653. The molecule has 0 bridgehead atoms. The summed E-state index contributed by atoms with van der Waals surface area (Å²) >= 11 is 0. The molecule has 5 aliphatic carbocycles. The van der Waals surface area contributed by atoms with Crippen LogP contribution in [0.2, 0.25) is 0 Å². The second-order valence-corrected chi connectivity index (χ2v) is 22.8. The van der Waals surface area contributed by atoms with Gasteiger partial charge in [-0.3, -0.25) is 0 Å². The van der Waals surface area contributed by atoms with Crippen LogP contribution in [0.4, 0.5) is 0 Å². The van der Waals surface area contributed by atoms with Crippen molar-refractivity contribution in [2.45, 2.75) is 217 Å². The highest BCUT2D eigenvalue weighted by atomic mass is 16.7. The van der Waals surface area contributed by atoms with Crippen molar-refractivity contribution in [2.75, 3.05) is 19.8 Å². The Bertz CT molecular complexity index is 1700. The van der Waals surface area contributed by atoms with Crippen molar-refractivity contribution in [3.8, 4) is 0 Å². The monoisotopic (exact) mass is 929 g/mol. The van der Waals surface area contributed by atoms with Crippen LogP contribution >= 0.6 is 0 Å². The Hall–Kier alpha value is -0.940. The molecule has 3 saturated heterocycles. The van der Waals surface area contributed by atoms with E-state index in [1.54, 1.807) is 6.92 Å². The molecule has 8 fully saturated rings. The zero-order valence-electron chi connectivity index (χ0n) is 39.3. The number of aliphatic hydroxyl groups excluding tert-OH is 11. The van der Waals surface area contributed by atoms with Gasteiger partial charge < -0.3 is 84.6 Å². The molecule has 8 rings (SSSR count). The lowest BCUT2D eigenvalue weighted by atomic mass is 9.41. The maximum absolute atomic E-state index is 11.7. The van der Waals surface area contributed by atoms with Crippen molar-refractivity contribution in [1.29, 1.82) is 0 Å². The number of rotatable bonds is 13. The molecule has 0 unspecified atom stereocenters. The summed E-state index contributed by atoms with van der Waals surface area (Å²) in [6.07, 6.45) is -9.04. The van der Waals surface area contributed by atoms with Gasteiger partial charge in [-0.2, -0.15) is 0 Å². The number of aliphatic hydroxyl groups is 11. The minimum Gasteiger partial charge on any atom is -0.394 e. The highest BCUT2D eigenvalue weighted by Crippen LogP contribution is 2.89. The molecule has 5 saturated carbocycles. The van der Waals surface area contributed by atoms with E-state index in [1.807, 2.05) is 13.0 Å². The summed E-state index contributed by atoms with van der Waals surface area (Å²) in [7, 11) is 0. The Morgan fingerprint density at radius 1 is 0.646 bits per heavy atom. The Balaban J connectivity index is 0.875. The van der Waals surface area contributed by atoms with Gasteiger partial charge in [-0.15, -0.1) is 0 Å². The van der Waals surface area contributed by atoms with Gasteiger partial charge in [0.05, 0.1) is 38.1 Å². The fourth-order valence-corrected chi connectivity index (χ4v) is 15.5. The van der Waals surface area contributed by atoms with Gasteiger partial charge in [0.15, 0.2) is 18.9 Å². The first kappa shape index (κ1) is 50.4. The molecule has 0 aromatic carbocycles. The van der Waals surface area contributed by atoms with Gasteiger partial charge in [0, 0.05) is 0 Å². The first-order valence-electron chi connectivity index (χ1n) is 24.4. The first-order valence-corrected chi connectivity index (χ1v) is 24.4. The standard InChI is InChI=1S/C48H80O17/c1-22(20-60-41-37(57)34(54)32(52)27(18-49)62-41)8-9-26(51)23(2)25-12-14-46(7)30-11-10-29-44(4,5)31(13-15-47(29)21-48(30,47)17-16-45(25,46)6)64-42-39(59)36(56)40(24(3)61-42)65-43-38(58)35(55)33(53)28(19-50)63-43/h8,23-43,49-59H,9-21H2,1-7H3/b22-8-/t23-,24-,25+,26-,27+,28+,29-,30-,31-,32+,33+,34-,35-,36+,37+,38+,39+,40-,41+,42-,43-,45+,46-,47+,48-/m0/s1. The first-order chi connectivity index (χ1) is 30.5. The molecule has 17 heteroatoms. The Labute approximate surface area is 383 Å².